The molecule has 0 radical (unpaired) electrons. The largest absolute Gasteiger partial charge is 0.345 e. The maximum absolute atomic E-state index is 13.0. The fourth-order valence-electron chi connectivity index (χ4n) is 4.26. The molecule has 6 rings (SSSR count). The van der Waals surface area contributed by atoms with Gasteiger partial charge in [0.2, 0.25) is 5.95 Å². The van der Waals surface area contributed by atoms with E-state index < -0.39 is 5.91 Å². The molecule has 0 saturated heterocycles. The van der Waals surface area contributed by atoms with Crippen molar-refractivity contribution in [3.8, 4) is 0 Å². The first-order valence-electron chi connectivity index (χ1n) is 11.4. The molecule has 0 fully saturated rings. The van der Waals surface area contributed by atoms with E-state index in [0.29, 0.717) is 16.6 Å². The van der Waals surface area contributed by atoms with E-state index in [1.165, 1.54) is 0 Å². The first-order valence-corrected chi connectivity index (χ1v) is 11.4. The molecule has 3 N–H and O–H groups in total. The van der Waals surface area contributed by atoms with Crippen molar-refractivity contribution in [3.05, 3.63) is 96.1 Å². The molecular weight excluding hydrogens is 454 g/mol. The molecule has 36 heavy (non-hydrogen) atoms. The van der Waals surface area contributed by atoms with Gasteiger partial charge in [0.05, 0.1) is 28.7 Å². The summed E-state index contributed by atoms with van der Waals surface area (Å²) in [4.78, 5) is 42.2. The van der Waals surface area contributed by atoms with Crippen LogP contribution in [0.25, 0.3) is 32.8 Å². The quantitative estimate of drug-likeness (QED) is 0.346. The Hall–Kier alpha value is -5.05. The number of fused-ring (bicyclic) bond motifs is 3. The molecule has 9 nitrogen and oxygen atoms in total. The van der Waals surface area contributed by atoms with Crippen LogP contribution in [0.4, 0.5) is 5.95 Å². The number of H-pyrrole nitrogens is 1. The lowest BCUT2D eigenvalue weighted by atomic mass is 10.1. The highest BCUT2D eigenvalue weighted by molar-refractivity contribution is 6.07. The van der Waals surface area contributed by atoms with Crippen molar-refractivity contribution in [1.82, 2.24) is 29.8 Å². The molecule has 3 heterocycles. The van der Waals surface area contributed by atoms with Gasteiger partial charge in [-0.2, -0.15) is 0 Å². The Morgan fingerprint density at radius 1 is 0.917 bits per heavy atom. The summed E-state index contributed by atoms with van der Waals surface area (Å²) in [5.74, 6) is 0.302. The van der Waals surface area contributed by atoms with Crippen LogP contribution in [0.3, 0.4) is 0 Å². The van der Waals surface area contributed by atoms with Gasteiger partial charge in [0.25, 0.3) is 11.8 Å². The minimum atomic E-state index is -0.396. The number of imidazole rings is 2. The average molecular weight is 476 g/mol. The van der Waals surface area contributed by atoms with E-state index in [1.54, 1.807) is 30.5 Å². The molecule has 0 aliphatic heterocycles. The van der Waals surface area contributed by atoms with Gasteiger partial charge in [-0.25, -0.2) is 9.97 Å². The number of hydrogen-bond donors (Lipinski definition) is 3. The first kappa shape index (κ1) is 21.5. The molecular formula is C27H21N7O2. The van der Waals surface area contributed by atoms with E-state index in [1.807, 2.05) is 60.1 Å². The number of rotatable bonds is 5. The Kier molecular flexibility index (Phi) is 5.15. The first-order chi connectivity index (χ1) is 17.6. The maximum Gasteiger partial charge on any atom is 0.276 e. The summed E-state index contributed by atoms with van der Waals surface area (Å²) in [6, 6.07) is 22.5. The second-order valence-electron chi connectivity index (χ2n) is 8.42. The van der Waals surface area contributed by atoms with Gasteiger partial charge in [-0.1, -0.05) is 42.5 Å². The van der Waals surface area contributed by atoms with Gasteiger partial charge in [0.15, 0.2) is 0 Å². The number of nitrogens with zero attached hydrogens (tertiary/aromatic N) is 4. The van der Waals surface area contributed by atoms with Crippen LogP contribution in [-0.4, -0.2) is 36.3 Å². The average Bonchev–Trinajstić information content (AvgIpc) is 3.47. The number of hydrogen-bond acceptors (Lipinski definition) is 5. The number of para-hydroxylation sites is 3. The predicted octanol–water partition coefficient (Wildman–Crippen LogP) is 4.18. The van der Waals surface area contributed by atoms with Crippen molar-refractivity contribution >= 4 is 50.6 Å². The Morgan fingerprint density at radius 3 is 2.58 bits per heavy atom. The monoisotopic (exact) mass is 475 g/mol. The highest BCUT2D eigenvalue weighted by atomic mass is 16.2. The highest BCUT2D eigenvalue weighted by Crippen LogP contribution is 2.20. The highest BCUT2D eigenvalue weighted by Gasteiger charge is 2.17. The van der Waals surface area contributed by atoms with Gasteiger partial charge >= 0.3 is 0 Å². The Balaban J connectivity index is 1.22. The summed E-state index contributed by atoms with van der Waals surface area (Å²) in [7, 11) is 1.92. The SMILES string of the molecule is Cn1c(CNC(=O)c2cccc3[nH]c(NC(=O)c4cc5ccccc5cn4)nc23)nc2ccccc21. The molecule has 9 heteroatoms. The Morgan fingerprint density at radius 2 is 1.72 bits per heavy atom. The number of carbonyl (C=O) groups excluding carboxylic acids is 2. The van der Waals surface area contributed by atoms with Gasteiger partial charge in [0, 0.05) is 18.6 Å². The molecule has 0 bridgehead atoms. The molecule has 3 aromatic heterocycles. The minimum absolute atomic E-state index is 0.237. The molecule has 176 valence electrons. The Labute approximate surface area is 205 Å². The van der Waals surface area contributed by atoms with Crippen molar-refractivity contribution in [3.63, 3.8) is 0 Å². The van der Waals surface area contributed by atoms with Gasteiger partial charge < -0.3 is 14.9 Å². The van der Waals surface area contributed by atoms with Crippen molar-refractivity contribution in [2.45, 2.75) is 6.54 Å². The number of amides is 2. The van der Waals surface area contributed by atoms with E-state index >= 15 is 0 Å². The lowest BCUT2D eigenvalue weighted by molar-refractivity contribution is 0.0950. The van der Waals surface area contributed by atoms with E-state index in [-0.39, 0.29) is 24.1 Å². The molecule has 0 aliphatic rings. The van der Waals surface area contributed by atoms with Crippen LogP contribution in [0.5, 0.6) is 0 Å². The van der Waals surface area contributed by atoms with Crippen molar-refractivity contribution < 1.29 is 9.59 Å². The van der Waals surface area contributed by atoms with E-state index in [9.17, 15) is 9.59 Å². The van der Waals surface area contributed by atoms with Crippen LogP contribution in [-0.2, 0) is 13.6 Å². The lowest BCUT2D eigenvalue weighted by Crippen LogP contribution is -2.24. The molecule has 6 aromatic rings. The zero-order valence-corrected chi connectivity index (χ0v) is 19.3. The van der Waals surface area contributed by atoms with Gasteiger partial charge in [-0.05, 0) is 35.7 Å². The van der Waals surface area contributed by atoms with Crippen LogP contribution >= 0.6 is 0 Å². The number of aromatic amines is 1. The molecule has 0 aliphatic carbocycles. The molecule has 3 aromatic carbocycles. The third kappa shape index (κ3) is 3.82. The third-order valence-corrected chi connectivity index (χ3v) is 6.14. The topological polar surface area (TPSA) is 118 Å². The molecule has 0 spiro atoms. The summed E-state index contributed by atoms with van der Waals surface area (Å²) < 4.78 is 1.96. The number of pyridine rings is 1. The van der Waals surface area contributed by atoms with Crippen LogP contribution in [0.2, 0.25) is 0 Å². The maximum atomic E-state index is 13.0. The molecule has 0 atom stereocenters. The number of nitrogens with one attached hydrogen (secondary N) is 3. The van der Waals surface area contributed by atoms with Gasteiger partial charge in [0.1, 0.15) is 17.0 Å². The second-order valence-corrected chi connectivity index (χ2v) is 8.42. The molecule has 0 unspecified atom stereocenters. The van der Waals surface area contributed by atoms with Crippen LogP contribution in [0.15, 0.2) is 79.0 Å². The minimum Gasteiger partial charge on any atom is -0.345 e. The van der Waals surface area contributed by atoms with Gasteiger partial charge in [-0.3, -0.25) is 19.9 Å². The van der Waals surface area contributed by atoms with Crippen LogP contribution in [0, 0.1) is 0 Å². The Bertz CT molecular complexity index is 1780. The third-order valence-electron chi connectivity index (χ3n) is 6.14. The summed E-state index contributed by atoms with van der Waals surface area (Å²) in [6.45, 7) is 0.266. The van der Waals surface area contributed by atoms with E-state index in [4.69, 9.17) is 0 Å². The number of anilines is 1. The molecule has 2 amide bonds. The standard InChI is InChI=1S/C27H21N7O2/c1-34-22-12-5-4-10-19(22)30-23(34)15-29-25(35)18-9-6-11-20-24(18)32-27(31-20)33-26(36)21-13-16-7-2-3-8-17(16)14-28-21/h2-14H,15H2,1H3,(H,29,35)(H2,31,32,33,36). The van der Waals surface area contributed by atoms with Crippen molar-refractivity contribution in [2.75, 3.05) is 5.32 Å². The predicted molar refractivity (Wildman–Crippen MR) is 138 cm³/mol. The fourth-order valence-corrected chi connectivity index (χ4v) is 4.26. The van der Waals surface area contributed by atoms with Gasteiger partial charge in [-0.15, -0.1) is 0 Å². The summed E-state index contributed by atoms with van der Waals surface area (Å²) in [6.07, 6.45) is 1.66. The van der Waals surface area contributed by atoms with Crippen LogP contribution in [0.1, 0.15) is 26.7 Å². The van der Waals surface area contributed by atoms with E-state index in [0.717, 1.165) is 27.6 Å². The van der Waals surface area contributed by atoms with Crippen LogP contribution < -0.4 is 10.6 Å². The van der Waals surface area contributed by atoms with Crippen molar-refractivity contribution in [1.29, 1.82) is 0 Å². The van der Waals surface area contributed by atoms with E-state index in [2.05, 4.69) is 30.6 Å². The number of benzene rings is 3. The number of aryl methyl sites for hydroxylation is 1. The number of aromatic nitrogens is 5. The normalized spacial score (nSPS) is 11.2. The summed E-state index contributed by atoms with van der Waals surface area (Å²) in [5.41, 5.74) is 3.63. The smallest absolute Gasteiger partial charge is 0.276 e. The lowest BCUT2D eigenvalue weighted by Gasteiger charge is -2.06. The summed E-state index contributed by atoms with van der Waals surface area (Å²) in [5, 5.41) is 7.54. The number of carbonyl (C=O) groups is 2. The summed E-state index contributed by atoms with van der Waals surface area (Å²) >= 11 is 0. The second kappa shape index (κ2) is 8.62. The molecule has 0 saturated carbocycles. The van der Waals surface area contributed by atoms with Crippen molar-refractivity contribution in [2.24, 2.45) is 7.05 Å². The zero-order valence-electron chi connectivity index (χ0n) is 19.3. The fraction of sp³-hybridized carbons (Fsp3) is 0.0741. The zero-order chi connectivity index (χ0) is 24.6.